The normalized spacial score (nSPS) is 20.6. The summed E-state index contributed by atoms with van der Waals surface area (Å²) in [5, 5.41) is 11.0. The Morgan fingerprint density at radius 1 is 1.30 bits per heavy atom. The highest BCUT2D eigenvalue weighted by Crippen LogP contribution is 2.47. The zero-order valence-corrected chi connectivity index (χ0v) is 14.1. The molecule has 23 heavy (non-hydrogen) atoms. The van der Waals surface area contributed by atoms with Crippen molar-refractivity contribution in [3.8, 4) is 5.75 Å². The number of nitrogens with zero attached hydrogens (tertiary/aromatic N) is 3. The Balaban J connectivity index is 1.65. The molecule has 1 spiro atoms. The van der Waals surface area contributed by atoms with Crippen LogP contribution in [0.25, 0.3) is 0 Å². The molecule has 0 amide bonds. The zero-order valence-electron chi connectivity index (χ0n) is 14.1. The summed E-state index contributed by atoms with van der Waals surface area (Å²) in [6.07, 6.45) is 5.09. The largest absolute Gasteiger partial charge is 0.490 e. The second-order valence-electron chi connectivity index (χ2n) is 7.16. The Hall–Kier alpha value is -1.82. The number of methoxy groups -OCH3 is 1. The molecule has 0 N–H and O–H groups in total. The fourth-order valence-electron chi connectivity index (χ4n) is 4.01. The Morgan fingerprint density at radius 3 is 2.48 bits per heavy atom. The molecule has 0 bridgehead atoms. The maximum atomic E-state index is 11.0. The van der Waals surface area contributed by atoms with Crippen molar-refractivity contribution in [2.24, 2.45) is 5.41 Å². The van der Waals surface area contributed by atoms with Gasteiger partial charge < -0.3 is 14.5 Å². The van der Waals surface area contributed by atoms with Gasteiger partial charge in [-0.15, -0.1) is 0 Å². The lowest BCUT2D eigenvalue weighted by Crippen LogP contribution is -2.58. The summed E-state index contributed by atoms with van der Waals surface area (Å²) in [4.78, 5) is 15.2. The van der Waals surface area contributed by atoms with Gasteiger partial charge in [-0.2, -0.15) is 0 Å². The number of benzene rings is 1. The first-order valence-corrected chi connectivity index (χ1v) is 8.18. The van der Waals surface area contributed by atoms with E-state index in [0.29, 0.717) is 17.2 Å². The molecule has 2 fully saturated rings. The van der Waals surface area contributed by atoms with Crippen LogP contribution in [0.4, 0.5) is 11.4 Å². The molecule has 3 rings (SSSR count). The molecule has 1 aliphatic carbocycles. The Bertz CT molecular complexity index is 587. The number of rotatable bonds is 4. The van der Waals surface area contributed by atoms with E-state index >= 15 is 0 Å². The van der Waals surface area contributed by atoms with E-state index in [2.05, 4.69) is 23.9 Å². The van der Waals surface area contributed by atoms with Crippen LogP contribution in [0.5, 0.6) is 5.75 Å². The minimum Gasteiger partial charge on any atom is -0.490 e. The molecule has 1 aromatic carbocycles. The molecule has 6 nitrogen and oxygen atoms in total. The first-order valence-electron chi connectivity index (χ1n) is 8.18. The van der Waals surface area contributed by atoms with E-state index < -0.39 is 4.92 Å². The molecule has 1 aromatic rings. The summed E-state index contributed by atoms with van der Waals surface area (Å²) >= 11 is 0. The second kappa shape index (κ2) is 6.00. The van der Waals surface area contributed by atoms with Gasteiger partial charge in [0.15, 0.2) is 5.75 Å². The van der Waals surface area contributed by atoms with Gasteiger partial charge in [0.05, 0.1) is 12.0 Å². The van der Waals surface area contributed by atoms with Crippen LogP contribution in [0.2, 0.25) is 0 Å². The van der Waals surface area contributed by atoms with Crippen molar-refractivity contribution in [1.29, 1.82) is 0 Å². The van der Waals surface area contributed by atoms with Crippen LogP contribution in [0, 0.1) is 15.5 Å². The van der Waals surface area contributed by atoms with Crippen molar-refractivity contribution in [2.45, 2.75) is 31.7 Å². The average molecular weight is 319 g/mol. The Kier molecular flexibility index (Phi) is 4.19. The average Bonchev–Trinajstić information content (AvgIpc) is 2.51. The monoisotopic (exact) mass is 319 g/mol. The first kappa shape index (κ1) is 16.1. The van der Waals surface area contributed by atoms with Gasteiger partial charge in [0.1, 0.15) is 0 Å². The molecule has 1 heterocycles. The summed E-state index contributed by atoms with van der Waals surface area (Å²) in [5.41, 5.74) is 1.49. The van der Waals surface area contributed by atoms with Crippen LogP contribution in [0.15, 0.2) is 18.2 Å². The van der Waals surface area contributed by atoms with Crippen LogP contribution >= 0.6 is 0 Å². The molecule has 1 aliphatic heterocycles. The van der Waals surface area contributed by atoms with Gasteiger partial charge in [0, 0.05) is 42.4 Å². The fourth-order valence-corrected chi connectivity index (χ4v) is 4.01. The quantitative estimate of drug-likeness (QED) is 0.631. The number of hydrogen-bond donors (Lipinski definition) is 0. The molecular formula is C17H25N3O3. The topological polar surface area (TPSA) is 58.8 Å². The lowest BCUT2D eigenvalue weighted by Gasteiger charge is -2.55. The van der Waals surface area contributed by atoms with Gasteiger partial charge in [0.25, 0.3) is 0 Å². The van der Waals surface area contributed by atoms with Crippen LogP contribution in [0.3, 0.4) is 0 Å². The van der Waals surface area contributed by atoms with E-state index in [0.717, 1.165) is 18.8 Å². The lowest BCUT2D eigenvalue weighted by molar-refractivity contribution is -0.385. The van der Waals surface area contributed by atoms with Crippen LogP contribution in [-0.4, -0.2) is 50.2 Å². The molecule has 0 radical (unpaired) electrons. The van der Waals surface area contributed by atoms with E-state index in [9.17, 15) is 10.1 Å². The number of nitro benzene ring substituents is 1. The van der Waals surface area contributed by atoms with Crippen LogP contribution in [0.1, 0.15) is 25.7 Å². The predicted octanol–water partition coefficient (Wildman–Crippen LogP) is 2.91. The van der Waals surface area contributed by atoms with Crippen molar-refractivity contribution < 1.29 is 9.66 Å². The fraction of sp³-hybridized carbons (Fsp3) is 0.647. The van der Waals surface area contributed by atoms with Gasteiger partial charge in [-0.05, 0) is 45.8 Å². The molecule has 0 atom stereocenters. The SMILES string of the molecule is COc1cc(N2CC3(CCC(N(C)C)CC3)C2)ccc1[N+](=O)[O-]. The second-order valence-corrected chi connectivity index (χ2v) is 7.16. The summed E-state index contributed by atoms with van der Waals surface area (Å²) in [5.74, 6) is 0.338. The minimum atomic E-state index is -0.400. The maximum Gasteiger partial charge on any atom is 0.311 e. The maximum absolute atomic E-state index is 11.0. The number of nitro groups is 1. The molecule has 2 aliphatic rings. The predicted molar refractivity (Wildman–Crippen MR) is 90.2 cm³/mol. The molecule has 1 saturated heterocycles. The van der Waals surface area contributed by atoms with E-state index in [1.165, 1.54) is 32.8 Å². The summed E-state index contributed by atoms with van der Waals surface area (Å²) in [7, 11) is 5.81. The highest BCUT2D eigenvalue weighted by Gasteiger charge is 2.45. The highest BCUT2D eigenvalue weighted by atomic mass is 16.6. The van der Waals surface area contributed by atoms with Gasteiger partial charge in [-0.25, -0.2) is 0 Å². The van der Waals surface area contributed by atoms with Gasteiger partial charge in [0.2, 0.25) is 0 Å². The lowest BCUT2D eigenvalue weighted by atomic mass is 9.67. The molecule has 6 heteroatoms. The number of ether oxygens (including phenoxy) is 1. The number of anilines is 1. The Labute approximate surface area is 137 Å². The third-order valence-electron chi connectivity index (χ3n) is 5.52. The molecule has 0 unspecified atom stereocenters. The first-order chi connectivity index (χ1) is 10.9. The highest BCUT2D eigenvalue weighted by molar-refractivity contribution is 5.60. The van der Waals surface area contributed by atoms with E-state index in [4.69, 9.17) is 4.74 Å². The summed E-state index contributed by atoms with van der Waals surface area (Å²) in [6, 6.07) is 5.88. The van der Waals surface area contributed by atoms with Gasteiger partial charge in [-0.1, -0.05) is 0 Å². The van der Waals surface area contributed by atoms with E-state index in [1.54, 1.807) is 12.1 Å². The van der Waals surface area contributed by atoms with Gasteiger partial charge >= 0.3 is 5.69 Å². The molecule has 1 saturated carbocycles. The number of hydrogen-bond acceptors (Lipinski definition) is 5. The molecule has 126 valence electrons. The van der Waals surface area contributed by atoms with Crippen LogP contribution in [-0.2, 0) is 0 Å². The van der Waals surface area contributed by atoms with Crippen molar-refractivity contribution in [2.75, 3.05) is 39.2 Å². The summed E-state index contributed by atoms with van der Waals surface area (Å²) < 4.78 is 5.17. The van der Waals surface area contributed by atoms with Gasteiger partial charge in [-0.3, -0.25) is 10.1 Å². The zero-order chi connectivity index (χ0) is 16.6. The van der Waals surface area contributed by atoms with Crippen molar-refractivity contribution in [3.05, 3.63) is 28.3 Å². The van der Waals surface area contributed by atoms with Crippen molar-refractivity contribution in [1.82, 2.24) is 4.90 Å². The molecular weight excluding hydrogens is 294 g/mol. The molecule has 0 aromatic heterocycles. The van der Waals surface area contributed by atoms with Crippen LogP contribution < -0.4 is 9.64 Å². The third-order valence-corrected chi connectivity index (χ3v) is 5.52. The standard InChI is InChI=1S/C17H25N3O3/c1-18(2)13-6-8-17(9-7-13)11-19(12-17)14-4-5-15(20(21)22)16(10-14)23-3/h4-5,10,13H,6-9,11-12H2,1-3H3. The van der Waals surface area contributed by atoms with Crippen molar-refractivity contribution in [3.63, 3.8) is 0 Å². The summed E-state index contributed by atoms with van der Waals surface area (Å²) in [6.45, 7) is 2.10. The third kappa shape index (κ3) is 3.00. The van der Waals surface area contributed by atoms with E-state index in [1.807, 2.05) is 6.07 Å². The van der Waals surface area contributed by atoms with Crippen molar-refractivity contribution >= 4 is 11.4 Å². The Morgan fingerprint density at radius 2 is 1.96 bits per heavy atom. The smallest absolute Gasteiger partial charge is 0.311 e. The minimum absolute atomic E-state index is 0.0259. The van der Waals surface area contributed by atoms with E-state index in [-0.39, 0.29) is 5.69 Å².